The third kappa shape index (κ3) is 9.97. The van der Waals surface area contributed by atoms with Crippen LogP contribution in [0.4, 0.5) is 14.6 Å². The first-order valence-corrected chi connectivity index (χ1v) is 16.5. The number of nitrogens with zero attached hydrogens (tertiary/aromatic N) is 3. The quantitative estimate of drug-likeness (QED) is 0.166. The van der Waals surface area contributed by atoms with Crippen molar-refractivity contribution in [3.05, 3.63) is 81.5 Å². The lowest BCUT2D eigenvalue weighted by Gasteiger charge is -2.37. The summed E-state index contributed by atoms with van der Waals surface area (Å²) in [7, 11) is 0. The molecule has 3 unspecified atom stereocenters. The number of halogens is 4. The van der Waals surface area contributed by atoms with Crippen molar-refractivity contribution in [2.75, 3.05) is 25.1 Å². The number of carbonyl (C=O) groups excluding carboxylic acids is 1. The molecule has 5 rings (SSSR count). The lowest BCUT2D eigenvalue weighted by Crippen LogP contribution is -2.44. The van der Waals surface area contributed by atoms with Gasteiger partial charge in [0.05, 0.1) is 36.5 Å². The SMILES string of the molecule is CC.CC(C)(C)CC1NCC(c2cccc(Cl)c2F)[C@@]1(C#N)c1ccc(Cl)cc1F.CC(C)(Cn1ccc(NC=O)n1)OCC1CO1. The van der Waals surface area contributed by atoms with E-state index < -0.39 is 23.0 Å². The largest absolute Gasteiger partial charge is 0.371 e. The van der Waals surface area contributed by atoms with Crippen molar-refractivity contribution in [3.63, 3.8) is 0 Å². The predicted octanol–water partition coefficient (Wildman–Crippen LogP) is 7.90. The summed E-state index contributed by atoms with van der Waals surface area (Å²) in [5, 5.41) is 20.7. The van der Waals surface area contributed by atoms with Crippen molar-refractivity contribution in [2.45, 2.75) is 90.5 Å². The van der Waals surface area contributed by atoms with Crippen LogP contribution >= 0.6 is 23.2 Å². The second kappa shape index (κ2) is 16.4. The van der Waals surface area contributed by atoms with Crippen molar-refractivity contribution < 1.29 is 23.0 Å². The van der Waals surface area contributed by atoms with Gasteiger partial charge >= 0.3 is 0 Å². The standard InChI is InChI=1S/C22H22Cl2F2N2.C11H17N3O3.C2H6/c1-21(2,3)10-19-22(12-27,15-8-7-13(23)9-18(15)25)16(11-28-19)14-5-4-6-17(24)20(14)26;1-11(2,17-6-9-5-16-9)7-14-4-3-10(13-14)12-8-15;1-2/h4-9,16,19,28H,10-11H2,1-3H3;3-4,8-9H,5-7H2,1-2H3,(H,12,13,15);1-2H3/t16?,19?,22-;;/m1../s1. The van der Waals surface area contributed by atoms with Crippen LogP contribution in [-0.4, -0.2) is 53.7 Å². The van der Waals surface area contributed by atoms with Crippen molar-refractivity contribution in [1.29, 1.82) is 5.26 Å². The number of nitriles is 1. The average Bonchev–Trinajstić information content (AvgIpc) is 3.65. The molecule has 0 radical (unpaired) electrons. The van der Waals surface area contributed by atoms with E-state index in [1.165, 1.54) is 12.1 Å². The zero-order valence-corrected chi connectivity index (χ0v) is 29.6. The number of nitrogens with one attached hydrogen (secondary N) is 2. The molecule has 2 saturated heterocycles. The minimum Gasteiger partial charge on any atom is -0.371 e. The number of hydrogen-bond donors (Lipinski definition) is 2. The molecule has 2 aromatic carbocycles. The van der Waals surface area contributed by atoms with Crippen LogP contribution in [0.15, 0.2) is 48.7 Å². The molecule has 12 heteroatoms. The molecule has 3 heterocycles. The Balaban J connectivity index is 0.000000270. The predicted molar refractivity (Wildman–Crippen MR) is 182 cm³/mol. The lowest BCUT2D eigenvalue weighted by atomic mass is 9.64. The highest BCUT2D eigenvalue weighted by molar-refractivity contribution is 6.31. The Kier molecular flexibility index (Phi) is 13.4. The summed E-state index contributed by atoms with van der Waals surface area (Å²) < 4.78 is 42.5. The molecule has 0 bridgehead atoms. The average molecular weight is 693 g/mol. The second-order valence-corrected chi connectivity index (χ2v) is 14.1. The molecule has 1 amide bonds. The van der Waals surface area contributed by atoms with Crippen LogP contribution in [0, 0.1) is 28.4 Å². The summed E-state index contributed by atoms with van der Waals surface area (Å²) in [4.78, 5) is 10.3. The zero-order valence-electron chi connectivity index (χ0n) is 28.0. The van der Waals surface area contributed by atoms with E-state index >= 15 is 4.39 Å². The topological polar surface area (TPSA) is 104 Å². The van der Waals surface area contributed by atoms with Crippen LogP contribution in [0.25, 0.3) is 0 Å². The van der Waals surface area contributed by atoms with Crippen LogP contribution in [-0.2, 0) is 26.2 Å². The van der Waals surface area contributed by atoms with E-state index in [1.54, 1.807) is 35.0 Å². The smallest absolute Gasteiger partial charge is 0.212 e. The Labute approximate surface area is 286 Å². The molecular formula is C35H45Cl2F2N5O3. The molecule has 0 saturated carbocycles. The van der Waals surface area contributed by atoms with Gasteiger partial charge < -0.3 is 20.1 Å². The fraction of sp³-hybridized carbons (Fsp3) is 0.514. The number of aromatic nitrogens is 2. The highest BCUT2D eigenvalue weighted by Gasteiger charge is 2.55. The number of epoxide rings is 1. The molecule has 2 aliphatic rings. The summed E-state index contributed by atoms with van der Waals surface area (Å²) in [5.74, 6) is -1.19. The molecule has 1 aromatic heterocycles. The number of rotatable bonds is 10. The Morgan fingerprint density at radius 1 is 1.19 bits per heavy atom. The van der Waals surface area contributed by atoms with Gasteiger partial charge in [-0.1, -0.05) is 76.0 Å². The molecular weight excluding hydrogens is 647 g/mol. The molecule has 2 N–H and O–H groups in total. The van der Waals surface area contributed by atoms with Gasteiger partial charge in [0.15, 0.2) is 5.82 Å². The minimum absolute atomic E-state index is 0.0137. The number of anilines is 1. The van der Waals surface area contributed by atoms with Crippen LogP contribution in [0.1, 0.15) is 71.9 Å². The summed E-state index contributed by atoms with van der Waals surface area (Å²) in [6.07, 6.45) is 3.30. The molecule has 4 atom stereocenters. The van der Waals surface area contributed by atoms with Gasteiger partial charge in [0.1, 0.15) is 23.2 Å². The van der Waals surface area contributed by atoms with Crippen LogP contribution in [0.3, 0.4) is 0 Å². The summed E-state index contributed by atoms with van der Waals surface area (Å²) in [6, 6.07) is 12.8. The van der Waals surface area contributed by atoms with Crippen LogP contribution < -0.4 is 10.6 Å². The molecule has 0 spiro atoms. The van der Waals surface area contributed by atoms with E-state index in [1.807, 2.05) is 33.9 Å². The van der Waals surface area contributed by atoms with Gasteiger partial charge in [0.25, 0.3) is 0 Å². The first-order chi connectivity index (χ1) is 22.2. The Morgan fingerprint density at radius 3 is 2.49 bits per heavy atom. The van der Waals surface area contributed by atoms with Gasteiger partial charge in [-0.3, -0.25) is 9.48 Å². The van der Waals surface area contributed by atoms with Crippen molar-refractivity contribution >= 4 is 35.4 Å². The highest BCUT2D eigenvalue weighted by Crippen LogP contribution is 2.50. The molecule has 8 nitrogen and oxygen atoms in total. The third-order valence-electron chi connectivity index (χ3n) is 7.86. The minimum atomic E-state index is -1.30. The number of amides is 1. The zero-order chi connectivity index (χ0) is 35.0. The maximum absolute atomic E-state index is 15.0. The van der Waals surface area contributed by atoms with Crippen molar-refractivity contribution in [2.24, 2.45) is 5.41 Å². The van der Waals surface area contributed by atoms with E-state index in [0.29, 0.717) is 43.9 Å². The number of benzene rings is 2. The fourth-order valence-electron chi connectivity index (χ4n) is 5.74. The first kappa shape index (κ1) is 38.4. The molecule has 2 aliphatic heterocycles. The summed E-state index contributed by atoms with van der Waals surface area (Å²) >= 11 is 11.9. The number of carbonyl (C=O) groups is 1. The van der Waals surface area contributed by atoms with Crippen LogP contribution in [0.5, 0.6) is 0 Å². The Morgan fingerprint density at radius 2 is 1.89 bits per heavy atom. The van der Waals surface area contributed by atoms with Gasteiger partial charge in [-0.15, -0.1) is 0 Å². The van der Waals surface area contributed by atoms with Crippen LogP contribution in [0.2, 0.25) is 10.0 Å². The van der Waals surface area contributed by atoms with E-state index in [9.17, 15) is 14.4 Å². The maximum Gasteiger partial charge on any atom is 0.212 e. The van der Waals surface area contributed by atoms with Gasteiger partial charge in [0.2, 0.25) is 6.41 Å². The van der Waals surface area contributed by atoms with E-state index in [0.717, 1.165) is 6.61 Å². The number of ether oxygens (including phenoxy) is 2. The Hall–Kier alpha value is -3.07. The summed E-state index contributed by atoms with van der Waals surface area (Å²) in [5.41, 5.74) is -1.19. The van der Waals surface area contributed by atoms with E-state index in [2.05, 4.69) is 42.6 Å². The molecule has 47 heavy (non-hydrogen) atoms. The molecule has 3 aromatic rings. The van der Waals surface area contributed by atoms with E-state index in [-0.39, 0.29) is 38.8 Å². The Bertz CT molecular complexity index is 1530. The fourth-order valence-corrected chi connectivity index (χ4v) is 6.08. The highest BCUT2D eigenvalue weighted by atomic mass is 35.5. The first-order valence-electron chi connectivity index (χ1n) is 15.7. The van der Waals surface area contributed by atoms with Gasteiger partial charge in [0, 0.05) is 41.4 Å². The molecule has 256 valence electrons. The number of hydrogen-bond acceptors (Lipinski definition) is 6. The maximum atomic E-state index is 15.0. The third-order valence-corrected chi connectivity index (χ3v) is 8.38. The monoisotopic (exact) mass is 691 g/mol. The lowest BCUT2D eigenvalue weighted by molar-refractivity contribution is -0.105. The van der Waals surface area contributed by atoms with Gasteiger partial charge in [-0.25, -0.2) is 8.78 Å². The summed E-state index contributed by atoms with van der Waals surface area (Å²) in [6.45, 7) is 16.6. The van der Waals surface area contributed by atoms with Gasteiger partial charge in [-0.05, 0) is 49.4 Å². The van der Waals surface area contributed by atoms with Crippen molar-refractivity contribution in [3.8, 4) is 6.07 Å². The molecule has 2 fully saturated rings. The second-order valence-electron chi connectivity index (χ2n) is 13.2. The van der Waals surface area contributed by atoms with Crippen molar-refractivity contribution in [1.82, 2.24) is 15.1 Å². The van der Waals surface area contributed by atoms with E-state index in [4.69, 9.17) is 32.7 Å². The molecule has 0 aliphatic carbocycles. The normalized spacial score (nSPS) is 21.9. The van der Waals surface area contributed by atoms with Gasteiger partial charge in [-0.2, -0.15) is 10.4 Å².